The molecule has 6 heteroatoms. The summed E-state index contributed by atoms with van der Waals surface area (Å²) in [4.78, 5) is 16.4. The van der Waals surface area contributed by atoms with Crippen molar-refractivity contribution in [3.8, 4) is 0 Å². The topological polar surface area (TPSA) is 54.4 Å². The number of halogens is 2. The largest absolute Gasteiger partial charge is 0.272 e. The van der Waals surface area contributed by atoms with E-state index in [0.717, 1.165) is 16.5 Å². The molecular formula is C18H13BrClN3O. The summed E-state index contributed by atoms with van der Waals surface area (Å²) in [6.45, 7) is 2.00. The first-order valence-electron chi connectivity index (χ1n) is 7.19. The fourth-order valence-corrected chi connectivity index (χ4v) is 2.89. The molecule has 4 nitrogen and oxygen atoms in total. The molecule has 0 atom stereocenters. The van der Waals surface area contributed by atoms with Crippen LogP contribution in [0.25, 0.3) is 10.9 Å². The first kappa shape index (κ1) is 16.6. The minimum atomic E-state index is -0.306. The maximum atomic E-state index is 12.1. The number of rotatable bonds is 3. The van der Waals surface area contributed by atoms with E-state index in [0.29, 0.717) is 20.8 Å². The second kappa shape index (κ2) is 7.11. The summed E-state index contributed by atoms with van der Waals surface area (Å²) in [6.07, 6.45) is 1.49. The van der Waals surface area contributed by atoms with Crippen molar-refractivity contribution in [1.29, 1.82) is 0 Å². The Labute approximate surface area is 152 Å². The van der Waals surface area contributed by atoms with Gasteiger partial charge in [0.15, 0.2) is 0 Å². The number of nitrogens with zero attached hydrogens (tertiary/aromatic N) is 2. The SMILES string of the molecule is Cc1ccc2cc(/C=N/NC(=O)c3ccccc3Br)c(Cl)nc2c1. The number of hydrazone groups is 1. The third-order valence-electron chi connectivity index (χ3n) is 3.44. The minimum absolute atomic E-state index is 0.306. The summed E-state index contributed by atoms with van der Waals surface area (Å²) in [7, 11) is 0. The van der Waals surface area contributed by atoms with Crippen LogP contribution in [-0.4, -0.2) is 17.1 Å². The molecule has 1 amide bonds. The number of benzene rings is 2. The molecule has 0 aliphatic rings. The first-order valence-corrected chi connectivity index (χ1v) is 8.36. The van der Waals surface area contributed by atoms with E-state index in [2.05, 4.69) is 31.4 Å². The number of hydrogen-bond donors (Lipinski definition) is 1. The van der Waals surface area contributed by atoms with Gasteiger partial charge in [-0.05, 0) is 52.7 Å². The summed E-state index contributed by atoms with van der Waals surface area (Å²) in [5.74, 6) is -0.306. The lowest BCUT2D eigenvalue weighted by Gasteiger charge is -2.04. The van der Waals surface area contributed by atoms with Crippen LogP contribution in [0.15, 0.2) is 58.1 Å². The number of nitrogens with one attached hydrogen (secondary N) is 1. The molecular weight excluding hydrogens is 390 g/mol. The highest BCUT2D eigenvalue weighted by atomic mass is 79.9. The van der Waals surface area contributed by atoms with Gasteiger partial charge in [0.25, 0.3) is 5.91 Å². The highest BCUT2D eigenvalue weighted by Gasteiger charge is 2.08. The number of aromatic nitrogens is 1. The normalized spacial score (nSPS) is 11.1. The fourth-order valence-electron chi connectivity index (χ4n) is 2.23. The Hall–Kier alpha value is -2.24. The van der Waals surface area contributed by atoms with Crippen molar-refractivity contribution < 1.29 is 4.79 Å². The maximum absolute atomic E-state index is 12.1. The molecule has 0 radical (unpaired) electrons. The predicted octanol–water partition coefficient (Wildman–Crippen LogP) is 4.72. The van der Waals surface area contributed by atoms with Crippen LogP contribution >= 0.6 is 27.5 Å². The molecule has 0 unspecified atom stereocenters. The van der Waals surface area contributed by atoms with Crippen molar-refractivity contribution in [1.82, 2.24) is 10.4 Å². The van der Waals surface area contributed by atoms with Crippen LogP contribution in [0.3, 0.4) is 0 Å². The molecule has 0 bridgehead atoms. The first-order chi connectivity index (χ1) is 11.5. The van der Waals surface area contributed by atoms with E-state index < -0.39 is 0 Å². The Morgan fingerprint density at radius 3 is 2.83 bits per heavy atom. The predicted molar refractivity (Wildman–Crippen MR) is 101 cm³/mol. The van der Waals surface area contributed by atoms with Gasteiger partial charge in [0, 0.05) is 15.4 Å². The average Bonchev–Trinajstić information content (AvgIpc) is 2.55. The Morgan fingerprint density at radius 1 is 1.25 bits per heavy atom. The summed E-state index contributed by atoms with van der Waals surface area (Å²) >= 11 is 9.52. The molecule has 3 rings (SSSR count). The Morgan fingerprint density at radius 2 is 2.04 bits per heavy atom. The zero-order valence-electron chi connectivity index (χ0n) is 12.8. The van der Waals surface area contributed by atoms with Crippen LogP contribution < -0.4 is 5.43 Å². The maximum Gasteiger partial charge on any atom is 0.272 e. The van der Waals surface area contributed by atoms with Crippen LogP contribution in [0.1, 0.15) is 21.5 Å². The third-order valence-corrected chi connectivity index (χ3v) is 4.44. The van der Waals surface area contributed by atoms with Crippen molar-refractivity contribution in [2.75, 3.05) is 0 Å². The van der Waals surface area contributed by atoms with E-state index in [4.69, 9.17) is 11.6 Å². The summed E-state index contributed by atoms with van der Waals surface area (Å²) in [5.41, 5.74) is 5.58. The quantitative estimate of drug-likeness (QED) is 0.391. The van der Waals surface area contributed by atoms with Gasteiger partial charge in [0.1, 0.15) is 5.15 Å². The van der Waals surface area contributed by atoms with Crippen LogP contribution in [0, 0.1) is 6.92 Å². The number of hydrogen-bond acceptors (Lipinski definition) is 3. The van der Waals surface area contributed by atoms with Gasteiger partial charge in [-0.2, -0.15) is 5.10 Å². The van der Waals surface area contributed by atoms with Crippen molar-refractivity contribution in [2.24, 2.45) is 5.10 Å². The molecule has 0 saturated heterocycles. The van der Waals surface area contributed by atoms with Gasteiger partial charge < -0.3 is 0 Å². The van der Waals surface area contributed by atoms with E-state index in [-0.39, 0.29) is 5.91 Å². The van der Waals surface area contributed by atoms with E-state index in [1.807, 2.05) is 37.3 Å². The third kappa shape index (κ3) is 3.63. The molecule has 0 spiro atoms. The molecule has 0 aliphatic carbocycles. The van der Waals surface area contributed by atoms with Gasteiger partial charge >= 0.3 is 0 Å². The van der Waals surface area contributed by atoms with Crippen LogP contribution in [0.5, 0.6) is 0 Å². The molecule has 1 aromatic heterocycles. The molecule has 1 heterocycles. The number of aryl methyl sites for hydroxylation is 1. The van der Waals surface area contributed by atoms with Crippen LogP contribution in [0.4, 0.5) is 0 Å². The number of carbonyl (C=O) groups is 1. The Kier molecular flexibility index (Phi) is 4.92. The monoisotopic (exact) mass is 401 g/mol. The summed E-state index contributed by atoms with van der Waals surface area (Å²) < 4.78 is 0.707. The summed E-state index contributed by atoms with van der Waals surface area (Å²) in [6, 6.07) is 15.0. The second-order valence-electron chi connectivity index (χ2n) is 5.24. The lowest BCUT2D eigenvalue weighted by atomic mass is 10.1. The molecule has 1 N–H and O–H groups in total. The van der Waals surface area contributed by atoms with Gasteiger partial charge in [0.05, 0.1) is 17.3 Å². The number of fused-ring (bicyclic) bond motifs is 1. The fraction of sp³-hybridized carbons (Fsp3) is 0.0556. The standard InChI is InChI=1S/C18H13BrClN3O/c1-11-6-7-12-9-13(17(20)22-16(12)8-11)10-21-23-18(24)14-4-2-3-5-15(14)19/h2-10H,1H3,(H,23,24)/b21-10+. The van der Waals surface area contributed by atoms with Crippen molar-refractivity contribution in [3.05, 3.63) is 74.8 Å². The van der Waals surface area contributed by atoms with E-state index in [1.54, 1.807) is 18.2 Å². The Balaban J connectivity index is 1.80. The van der Waals surface area contributed by atoms with Gasteiger partial charge in [0.2, 0.25) is 0 Å². The van der Waals surface area contributed by atoms with Gasteiger partial charge in [-0.3, -0.25) is 4.79 Å². The minimum Gasteiger partial charge on any atom is -0.267 e. The zero-order valence-corrected chi connectivity index (χ0v) is 15.1. The molecule has 24 heavy (non-hydrogen) atoms. The molecule has 120 valence electrons. The average molecular weight is 403 g/mol. The van der Waals surface area contributed by atoms with E-state index >= 15 is 0 Å². The van der Waals surface area contributed by atoms with Gasteiger partial charge in [-0.15, -0.1) is 0 Å². The molecule has 0 aliphatic heterocycles. The van der Waals surface area contributed by atoms with Crippen LogP contribution in [0.2, 0.25) is 5.15 Å². The van der Waals surface area contributed by atoms with Gasteiger partial charge in [-0.1, -0.05) is 35.9 Å². The zero-order chi connectivity index (χ0) is 17.1. The molecule has 2 aromatic carbocycles. The van der Waals surface area contributed by atoms with Crippen molar-refractivity contribution in [2.45, 2.75) is 6.92 Å². The highest BCUT2D eigenvalue weighted by molar-refractivity contribution is 9.10. The highest BCUT2D eigenvalue weighted by Crippen LogP contribution is 2.20. The number of pyridine rings is 1. The number of amides is 1. The van der Waals surface area contributed by atoms with Crippen molar-refractivity contribution >= 4 is 50.6 Å². The lowest BCUT2D eigenvalue weighted by Crippen LogP contribution is -2.18. The van der Waals surface area contributed by atoms with Crippen molar-refractivity contribution in [3.63, 3.8) is 0 Å². The second-order valence-corrected chi connectivity index (χ2v) is 6.46. The van der Waals surface area contributed by atoms with E-state index in [9.17, 15) is 4.79 Å². The van der Waals surface area contributed by atoms with E-state index in [1.165, 1.54) is 6.21 Å². The molecule has 0 fully saturated rings. The number of carbonyl (C=O) groups excluding carboxylic acids is 1. The summed E-state index contributed by atoms with van der Waals surface area (Å²) in [5, 5.41) is 5.28. The smallest absolute Gasteiger partial charge is 0.267 e. The van der Waals surface area contributed by atoms with Crippen LogP contribution in [-0.2, 0) is 0 Å². The molecule has 0 saturated carbocycles. The Bertz CT molecular complexity index is 956. The lowest BCUT2D eigenvalue weighted by molar-refractivity contribution is 0.0954. The molecule has 3 aromatic rings. The van der Waals surface area contributed by atoms with Gasteiger partial charge in [-0.25, -0.2) is 10.4 Å².